The number of rotatable bonds is 6. The molecule has 38 heavy (non-hydrogen) atoms. The molecule has 1 atom stereocenters. The SMILES string of the molecule is N#Cc1ccc(-c2cn(Cc3cccc(C(=O)Nc4nc5c(s4)C[C@@H](N4CCOCC4)CC5)c3)cn2)cc1. The highest BCUT2D eigenvalue weighted by Crippen LogP contribution is 2.32. The molecule has 192 valence electrons. The number of aromatic nitrogens is 3. The Kier molecular flexibility index (Phi) is 7.01. The van der Waals surface area contributed by atoms with Crippen LogP contribution in [0.25, 0.3) is 11.3 Å². The van der Waals surface area contributed by atoms with Gasteiger partial charge in [-0.3, -0.25) is 15.0 Å². The van der Waals surface area contributed by atoms with Crippen molar-refractivity contribution >= 4 is 22.4 Å². The molecule has 0 saturated carbocycles. The number of nitrogens with one attached hydrogen (secondary N) is 1. The Labute approximate surface area is 225 Å². The molecule has 1 N–H and O–H groups in total. The molecule has 2 aliphatic rings. The quantitative estimate of drug-likeness (QED) is 0.403. The summed E-state index contributed by atoms with van der Waals surface area (Å²) in [6, 6.07) is 17.7. The number of hydrogen-bond acceptors (Lipinski definition) is 7. The van der Waals surface area contributed by atoms with E-state index in [4.69, 9.17) is 15.0 Å². The number of nitriles is 1. The van der Waals surface area contributed by atoms with Crippen LogP contribution in [0.4, 0.5) is 5.13 Å². The normalized spacial score (nSPS) is 17.5. The lowest BCUT2D eigenvalue weighted by Gasteiger charge is -2.36. The minimum absolute atomic E-state index is 0.147. The molecule has 1 aliphatic carbocycles. The third-order valence-corrected chi connectivity index (χ3v) is 8.23. The number of ether oxygens (including phenoxy) is 1. The summed E-state index contributed by atoms with van der Waals surface area (Å²) in [5, 5.41) is 12.7. The van der Waals surface area contributed by atoms with Gasteiger partial charge < -0.3 is 9.30 Å². The Morgan fingerprint density at radius 2 is 2.03 bits per heavy atom. The maximum Gasteiger partial charge on any atom is 0.257 e. The number of nitrogens with zero attached hydrogens (tertiary/aromatic N) is 5. The first-order valence-corrected chi connectivity index (χ1v) is 13.7. The number of morpholine rings is 1. The molecule has 1 amide bonds. The van der Waals surface area contributed by atoms with E-state index in [1.165, 1.54) is 4.88 Å². The first-order chi connectivity index (χ1) is 18.6. The van der Waals surface area contributed by atoms with E-state index in [-0.39, 0.29) is 5.91 Å². The summed E-state index contributed by atoms with van der Waals surface area (Å²) in [5.74, 6) is -0.147. The van der Waals surface area contributed by atoms with Crippen LogP contribution in [0.15, 0.2) is 61.1 Å². The van der Waals surface area contributed by atoms with Crippen molar-refractivity contribution in [2.45, 2.75) is 31.8 Å². The monoisotopic (exact) mass is 524 g/mol. The van der Waals surface area contributed by atoms with E-state index < -0.39 is 0 Å². The second-order valence-electron chi connectivity index (χ2n) is 9.71. The maximum absolute atomic E-state index is 13.1. The van der Waals surface area contributed by atoms with Crippen molar-refractivity contribution < 1.29 is 9.53 Å². The summed E-state index contributed by atoms with van der Waals surface area (Å²) in [6.45, 7) is 4.21. The largest absolute Gasteiger partial charge is 0.379 e. The van der Waals surface area contributed by atoms with Gasteiger partial charge in [0.2, 0.25) is 0 Å². The fraction of sp³-hybridized carbons (Fsp3) is 0.310. The fourth-order valence-electron chi connectivity index (χ4n) is 5.17. The van der Waals surface area contributed by atoms with Gasteiger partial charge in [0.05, 0.1) is 42.6 Å². The highest BCUT2D eigenvalue weighted by atomic mass is 32.1. The van der Waals surface area contributed by atoms with Crippen molar-refractivity contribution in [3.8, 4) is 17.3 Å². The number of benzene rings is 2. The molecule has 9 heteroatoms. The number of hydrogen-bond donors (Lipinski definition) is 1. The molecule has 3 heterocycles. The Morgan fingerprint density at radius 3 is 2.84 bits per heavy atom. The number of thiazole rings is 1. The third kappa shape index (κ3) is 5.38. The number of aryl methyl sites for hydroxylation is 1. The van der Waals surface area contributed by atoms with Crippen LogP contribution in [0.2, 0.25) is 0 Å². The van der Waals surface area contributed by atoms with E-state index >= 15 is 0 Å². The van der Waals surface area contributed by atoms with Gasteiger partial charge in [-0.25, -0.2) is 9.97 Å². The standard InChI is InChI=1S/C29H28N6O2S/c30-16-20-4-6-22(7-5-20)26-18-34(19-31-26)17-21-2-1-3-23(14-21)28(36)33-29-32-25-9-8-24(15-27(25)38-29)35-10-12-37-13-11-35/h1-7,14,18-19,24H,8-13,15,17H2,(H,32,33,36)/t24-/m0/s1. The van der Waals surface area contributed by atoms with Gasteiger partial charge in [0.15, 0.2) is 5.13 Å². The highest BCUT2D eigenvalue weighted by Gasteiger charge is 2.28. The molecule has 2 aromatic heterocycles. The zero-order chi connectivity index (χ0) is 25.9. The van der Waals surface area contributed by atoms with Crippen LogP contribution >= 0.6 is 11.3 Å². The van der Waals surface area contributed by atoms with E-state index in [1.54, 1.807) is 29.8 Å². The van der Waals surface area contributed by atoms with E-state index in [0.29, 0.717) is 28.8 Å². The smallest absolute Gasteiger partial charge is 0.257 e. The number of anilines is 1. The van der Waals surface area contributed by atoms with Gasteiger partial charge in [-0.2, -0.15) is 5.26 Å². The summed E-state index contributed by atoms with van der Waals surface area (Å²) in [7, 11) is 0. The summed E-state index contributed by atoms with van der Waals surface area (Å²) < 4.78 is 7.50. The van der Waals surface area contributed by atoms with Gasteiger partial charge in [0.1, 0.15) is 0 Å². The number of carbonyl (C=O) groups excluding carboxylic acids is 1. The van der Waals surface area contributed by atoms with Crippen molar-refractivity contribution in [3.05, 3.63) is 88.3 Å². The zero-order valence-corrected chi connectivity index (χ0v) is 21.8. The molecular formula is C29H28N6O2S. The fourth-order valence-corrected chi connectivity index (χ4v) is 6.24. The third-order valence-electron chi connectivity index (χ3n) is 7.19. The van der Waals surface area contributed by atoms with E-state index in [0.717, 1.165) is 68.1 Å². The van der Waals surface area contributed by atoms with Crippen LogP contribution in [0.3, 0.4) is 0 Å². The maximum atomic E-state index is 13.1. The van der Waals surface area contributed by atoms with Gasteiger partial charge in [0.25, 0.3) is 5.91 Å². The van der Waals surface area contributed by atoms with Crippen LogP contribution in [0.1, 0.15) is 38.5 Å². The van der Waals surface area contributed by atoms with Gasteiger partial charge >= 0.3 is 0 Å². The average molecular weight is 525 g/mol. The van der Waals surface area contributed by atoms with Gasteiger partial charge in [-0.15, -0.1) is 11.3 Å². The van der Waals surface area contributed by atoms with Crippen LogP contribution in [-0.2, 0) is 24.1 Å². The van der Waals surface area contributed by atoms with Crippen LogP contribution in [0, 0.1) is 11.3 Å². The molecule has 1 saturated heterocycles. The van der Waals surface area contributed by atoms with Crippen molar-refractivity contribution in [2.24, 2.45) is 0 Å². The first kappa shape index (κ1) is 24.5. The number of imidazole rings is 1. The minimum atomic E-state index is -0.147. The summed E-state index contributed by atoms with van der Waals surface area (Å²) in [6.07, 6.45) is 6.80. The number of carbonyl (C=O) groups is 1. The summed E-state index contributed by atoms with van der Waals surface area (Å²) in [4.78, 5) is 26.1. The lowest BCUT2D eigenvalue weighted by Crippen LogP contribution is -2.45. The van der Waals surface area contributed by atoms with Gasteiger partial charge in [-0.1, -0.05) is 24.3 Å². The van der Waals surface area contributed by atoms with Crippen LogP contribution in [-0.4, -0.2) is 57.7 Å². The summed E-state index contributed by atoms with van der Waals surface area (Å²) in [5.41, 5.74) is 5.16. The molecule has 0 bridgehead atoms. The molecule has 1 aliphatic heterocycles. The Bertz CT molecular complexity index is 1480. The molecule has 0 spiro atoms. The molecule has 6 rings (SSSR count). The molecule has 4 aromatic rings. The van der Waals surface area contributed by atoms with Crippen molar-refractivity contribution in [1.29, 1.82) is 5.26 Å². The predicted molar refractivity (Wildman–Crippen MR) is 146 cm³/mol. The Hall–Kier alpha value is -3.84. The number of amides is 1. The average Bonchev–Trinajstić information content (AvgIpc) is 3.60. The molecule has 2 aromatic carbocycles. The van der Waals surface area contributed by atoms with Crippen LogP contribution < -0.4 is 5.32 Å². The van der Waals surface area contributed by atoms with Crippen molar-refractivity contribution in [3.63, 3.8) is 0 Å². The molecular weight excluding hydrogens is 496 g/mol. The summed E-state index contributed by atoms with van der Waals surface area (Å²) >= 11 is 1.60. The molecule has 8 nitrogen and oxygen atoms in total. The van der Waals surface area contributed by atoms with Gasteiger partial charge in [-0.05, 0) is 49.1 Å². The second-order valence-corrected chi connectivity index (χ2v) is 10.8. The van der Waals surface area contributed by atoms with E-state index in [9.17, 15) is 4.79 Å². The molecule has 1 fully saturated rings. The molecule has 0 radical (unpaired) electrons. The second kappa shape index (κ2) is 10.9. The topological polar surface area (TPSA) is 96.1 Å². The molecule has 0 unspecified atom stereocenters. The lowest BCUT2D eigenvalue weighted by molar-refractivity contribution is 0.0139. The zero-order valence-electron chi connectivity index (χ0n) is 21.0. The predicted octanol–water partition coefficient (Wildman–Crippen LogP) is 4.37. The lowest BCUT2D eigenvalue weighted by atomic mass is 9.96. The van der Waals surface area contributed by atoms with Crippen molar-refractivity contribution in [1.82, 2.24) is 19.4 Å². The highest BCUT2D eigenvalue weighted by molar-refractivity contribution is 7.15. The van der Waals surface area contributed by atoms with E-state index in [1.807, 2.05) is 47.2 Å². The minimum Gasteiger partial charge on any atom is -0.379 e. The van der Waals surface area contributed by atoms with Crippen molar-refractivity contribution in [2.75, 3.05) is 31.6 Å². The van der Waals surface area contributed by atoms with E-state index in [2.05, 4.69) is 21.3 Å². The first-order valence-electron chi connectivity index (χ1n) is 12.9. The number of fused-ring (bicyclic) bond motifs is 1. The van der Waals surface area contributed by atoms with Gasteiger partial charge in [0, 0.05) is 47.9 Å². The van der Waals surface area contributed by atoms with Crippen LogP contribution in [0.5, 0.6) is 0 Å². The Morgan fingerprint density at radius 1 is 1.18 bits per heavy atom. The Balaban J connectivity index is 1.10.